The average molecular weight is 296 g/mol. The van der Waals surface area contributed by atoms with Crippen molar-refractivity contribution >= 4 is 23.3 Å². The van der Waals surface area contributed by atoms with E-state index < -0.39 is 17.5 Å². The van der Waals surface area contributed by atoms with E-state index >= 15 is 0 Å². The van der Waals surface area contributed by atoms with Crippen molar-refractivity contribution in [3.63, 3.8) is 0 Å². The molecule has 0 unspecified atom stereocenters. The molecule has 0 aliphatic rings. The number of carbonyl (C=O) groups is 3. The van der Waals surface area contributed by atoms with Crippen molar-refractivity contribution in [3.8, 4) is 0 Å². The fraction of sp³-hybridized carbons (Fsp3) is 0. The number of benzene rings is 2. The first kappa shape index (κ1) is 15.2. The smallest absolute Gasteiger partial charge is 0.376 e. The fourth-order valence-electron chi connectivity index (χ4n) is 1.85. The minimum atomic E-state index is -1.66. The van der Waals surface area contributed by atoms with Gasteiger partial charge in [-0.3, -0.25) is 9.59 Å². The Bertz CT molecular complexity index is 760. The molecular weight excluding hydrogens is 284 g/mol. The SMILES string of the molecule is O=C(O)C(=O)/C=C(\O)c1cccc(C(=O)c2ccccc2)c1. The molecule has 0 saturated carbocycles. The Kier molecular flexibility index (Phi) is 4.48. The van der Waals surface area contributed by atoms with Crippen molar-refractivity contribution < 1.29 is 24.6 Å². The van der Waals surface area contributed by atoms with Crippen LogP contribution < -0.4 is 0 Å². The maximum Gasteiger partial charge on any atom is 0.376 e. The number of carbonyl (C=O) groups excluding carboxylic acids is 2. The highest BCUT2D eigenvalue weighted by molar-refractivity contribution is 6.38. The minimum Gasteiger partial charge on any atom is -0.507 e. The molecule has 0 atom stereocenters. The van der Waals surface area contributed by atoms with Gasteiger partial charge in [-0.05, 0) is 6.07 Å². The molecule has 110 valence electrons. The van der Waals surface area contributed by atoms with Gasteiger partial charge in [0.25, 0.3) is 5.78 Å². The van der Waals surface area contributed by atoms with Crippen LogP contribution in [0.4, 0.5) is 0 Å². The molecule has 5 heteroatoms. The predicted octanol–water partition coefficient (Wildman–Crippen LogP) is 2.47. The number of aliphatic hydroxyl groups excluding tert-OH is 1. The minimum absolute atomic E-state index is 0.191. The quantitative estimate of drug-likeness (QED) is 0.383. The molecule has 2 rings (SSSR count). The zero-order chi connectivity index (χ0) is 16.1. The summed E-state index contributed by atoms with van der Waals surface area (Å²) in [5.41, 5.74) is 1.01. The maximum absolute atomic E-state index is 12.3. The van der Waals surface area contributed by atoms with Gasteiger partial charge >= 0.3 is 5.97 Å². The van der Waals surface area contributed by atoms with Crippen LogP contribution in [0.3, 0.4) is 0 Å². The van der Waals surface area contributed by atoms with E-state index in [1.807, 2.05) is 0 Å². The van der Waals surface area contributed by atoms with Crippen LogP contribution in [0.5, 0.6) is 0 Å². The summed E-state index contributed by atoms with van der Waals surface area (Å²) in [4.78, 5) is 33.8. The lowest BCUT2D eigenvalue weighted by molar-refractivity contribution is -0.146. The van der Waals surface area contributed by atoms with E-state index in [0.717, 1.165) is 0 Å². The van der Waals surface area contributed by atoms with Gasteiger partial charge < -0.3 is 10.2 Å². The molecule has 0 saturated heterocycles. The molecule has 0 radical (unpaired) electrons. The van der Waals surface area contributed by atoms with Crippen LogP contribution in [0.15, 0.2) is 60.7 Å². The lowest BCUT2D eigenvalue weighted by Crippen LogP contribution is -2.09. The molecule has 0 heterocycles. The number of hydrogen-bond acceptors (Lipinski definition) is 4. The maximum atomic E-state index is 12.3. The van der Waals surface area contributed by atoms with Crippen molar-refractivity contribution in [1.82, 2.24) is 0 Å². The molecule has 0 bridgehead atoms. The molecule has 0 aromatic heterocycles. The highest BCUT2D eigenvalue weighted by atomic mass is 16.4. The van der Waals surface area contributed by atoms with Crippen molar-refractivity contribution in [2.75, 3.05) is 0 Å². The third-order valence-electron chi connectivity index (χ3n) is 2.94. The van der Waals surface area contributed by atoms with Crippen LogP contribution in [0.25, 0.3) is 5.76 Å². The molecule has 0 aliphatic carbocycles. The lowest BCUT2D eigenvalue weighted by Gasteiger charge is -2.04. The Morgan fingerprint density at radius 1 is 0.773 bits per heavy atom. The summed E-state index contributed by atoms with van der Waals surface area (Å²) in [6, 6.07) is 14.6. The van der Waals surface area contributed by atoms with E-state index in [-0.39, 0.29) is 11.3 Å². The van der Waals surface area contributed by atoms with Gasteiger partial charge in [-0.2, -0.15) is 0 Å². The second kappa shape index (κ2) is 6.49. The van der Waals surface area contributed by atoms with E-state index in [2.05, 4.69) is 0 Å². The topological polar surface area (TPSA) is 91.7 Å². The first-order valence-corrected chi connectivity index (χ1v) is 6.37. The van der Waals surface area contributed by atoms with E-state index in [1.54, 1.807) is 42.5 Å². The zero-order valence-electron chi connectivity index (χ0n) is 11.4. The number of aliphatic hydroxyl groups is 1. The molecule has 0 spiro atoms. The Morgan fingerprint density at radius 2 is 1.36 bits per heavy atom. The molecule has 5 nitrogen and oxygen atoms in total. The van der Waals surface area contributed by atoms with Crippen molar-refractivity contribution in [2.24, 2.45) is 0 Å². The van der Waals surface area contributed by atoms with Gasteiger partial charge in [-0.1, -0.05) is 48.5 Å². The highest BCUT2D eigenvalue weighted by Crippen LogP contribution is 2.16. The largest absolute Gasteiger partial charge is 0.507 e. The zero-order valence-corrected chi connectivity index (χ0v) is 11.4. The van der Waals surface area contributed by atoms with Gasteiger partial charge in [0.2, 0.25) is 0 Å². The Balaban J connectivity index is 2.33. The van der Waals surface area contributed by atoms with Gasteiger partial charge in [0, 0.05) is 22.8 Å². The van der Waals surface area contributed by atoms with Gasteiger partial charge in [0.1, 0.15) is 5.76 Å². The number of hydrogen-bond donors (Lipinski definition) is 2. The summed E-state index contributed by atoms with van der Waals surface area (Å²) in [6.07, 6.45) is 0.606. The van der Waals surface area contributed by atoms with Crippen LogP contribution in [0.1, 0.15) is 21.5 Å². The van der Waals surface area contributed by atoms with Crippen LogP contribution >= 0.6 is 0 Å². The first-order chi connectivity index (χ1) is 10.5. The van der Waals surface area contributed by atoms with Gasteiger partial charge in [-0.15, -0.1) is 0 Å². The Hall–Kier alpha value is -3.21. The first-order valence-electron chi connectivity index (χ1n) is 6.37. The molecule has 22 heavy (non-hydrogen) atoms. The van der Waals surface area contributed by atoms with Crippen LogP contribution in [-0.2, 0) is 9.59 Å². The number of aliphatic carboxylic acids is 1. The van der Waals surface area contributed by atoms with Crippen molar-refractivity contribution in [1.29, 1.82) is 0 Å². The Morgan fingerprint density at radius 3 is 2.00 bits per heavy atom. The molecule has 0 fully saturated rings. The van der Waals surface area contributed by atoms with Crippen LogP contribution in [0.2, 0.25) is 0 Å². The number of rotatable bonds is 5. The average Bonchev–Trinajstić information content (AvgIpc) is 2.55. The second-order valence-corrected chi connectivity index (χ2v) is 4.47. The fourth-order valence-corrected chi connectivity index (χ4v) is 1.85. The summed E-state index contributed by atoms with van der Waals surface area (Å²) in [6.45, 7) is 0. The summed E-state index contributed by atoms with van der Waals surface area (Å²) < 4.78 is 0. The second-order valence-electron chi connectivity index (χ2n) is 4.47. The number of ketones is 2. The third-order valence-corrected chi connectivity index (χ3v) is 2.94. The monoisotopic (exact) mass is 296 g/mol. The van der Waals surface area contributed by atoms with Gasteiger partial charge in [0.15, 0.2) is 5.78 Å². The molecule has 2 N–H and O–H groups in total. The van der Waals surface area contributed by atoms with Crippen LogP contribution in [0, 0.1) is 0 Å². The van der Waals surface area contributed by atoms with E-state index in [9.17, 15) is 19.5 Å². The normalized spacial score (nSPS) is 11.0. The van der Waals surface area contributed by atoms with Gasteiger partial charge in [0.05, 0.1) is 0 Å². The molecule has 2 aromatic carbocycles. The molecule has 2 aromatic rings. The molecule has 0 aliphatic heterocycles. The molecule has 0 amide bonds. The van der Waals surface area contributed by atoms with E-state index in [0.29, 0.717) is 17.2 Å². The van der Waals surface area contributed by atoms with Gasteiger partial charge in [-0.25, -0.2) is 4.79 Å². The summed E-state index contributed by atoms with van der Waals surface area (Å²) in [5.74, 6) is -3.64. The standard InChI is InChI=1S/C17H12O5/c18-14(10-15(19)17(21)22)12-7-4-8-13(9-12)16(20)11-5-2-1-3-6-11/h1-10,18H,(H,21,22)/b14-10-. The summed E-state index contributed by atoms with van der Waals surface area (Å²) in [7, 11) is 0. The highest BCUT2D eigenvalue weighted by Gasteiger charge is 2.13. The summed E-state index contributed by atoms with van der Waals surface area (Å²) in [5, 5.41) is 18.3. The van der Waals surface area contributed by atoms with Crippen LogP contribution in [-0.4, -0.2) is 27.7 Å². The van der Waals surface area contributed by atoms with Crippen molar-refractivity contribution in [3.05, 3.63) is 77.4 Å². The molecular formula is C17H12O5. The number of carboxylic acids is 1. The third kappa shape index (κ3) is 3.46. The van der Waals surface area contributed by atoms with E-state index in [4.69, 9.17) is 5.11 Å². The predicted molar refractivity (Wildman–Crippen MR) is 79.6 cm³/mol. The van der Waals surface area contributed by atoms with Crippen molar-refractivity contribution in [2.45, 2.75) is 0 Å². The Labute approximate surface area is 126 Å². The summed E-state index contributed by atoms with van der Waals surface area (Å²) >= 11 is 0. The number of carboxylic acid groups (broad SMARTS) is 1. The van der Waals surface area contributed by atoms with E-state index in [1.165, 1.54) is 12.1 Å². The lowest BCUT2D eigenvalue weighted by atomic mass is 10.0.